The topological polar surface area (TPSA) is 126 Å². The first-order chi connectivity index (χ1) is 16.9. The molecule has 0 aromatic heterocycles. The molecule has 3 unspecified atom stereocenters. The maximum Gasteiger partial charge on any atom is 0.221 e. The number of alkyl halides is 2. The first-order valence-electron chi connectivity index (χ1n) is 13.1. The van der Waals surface area contributed by atoms with E-state index in [0.717, 1.165) is 39.0 Å². The van der Waals surface area contributed by atoms with Gasteiger partial charge in [-0.2, -0.15) is 0 Å². The van der Waals surface area contributed by atoms with Gasteiger partial charge in [0.15, 0.2) is 0 Å². The third-order valence-electron chi connectivity index (χ3n) is 7.81. The van der Waals surface area contributed by atoms with Gasteiger partial charge in [-0.1, -0.05) is 0 Å². The summed E-state index contributed by atoms with van der Waals surface area (Å²) in [6.45, 7) is 2.68. The van der Waals surface area contributed by atoms with Gasteiger partial charge in [0.2, 0.25) is 5.91 Å². The summed E-state index contributed by atoms with van der Waals surface area (Å²) in [6.07, 6.45) is 4.94. The van der Waals surface area contributed by atoms with Gasteiger partial charge in [-0.3, -0.25) is 20.3 Å². The van der Waals surface area contributed by atoms with Crippen molar-refractivity contribution < 1.29 is 29.2 Å². The number of hydrogen-bond donors (Lipinski definition) is 6. The van der Waals surface area contributed by atoms with Crippen molar-refractivity contribution in [2.24, 2.45) is 11.8 Å². The summed E-state index contributed by atoms with van der Waals surface area (Å²) in [5.41, 5.74) is -1.47. The zero-order valence-corrected chi connectivity index (χ0v) is 21.4. The monoisotopic (exact) mass is 522 g/mol. The lowest BCUT2D eigenvalue weighted by Gasteiger charge is -2.41. The molecular formula is C24H44ClFN4O5. The molecule has 0 aromatic rings. The fourth-order valence-electron chi connectivity index (χ4n) is 5.38. The van der Waals surface area contributed by atoms with Gasteiger partial charge in [-0.05, 0) is 50.4 Å². The van der Waals surface area contributed by atoms with Crippen molar-refractivity contribution in [3.8, 4) is 0 Å². The molecule has 2 aliphatic heterocycles. The Morgan fingerprint density at radius 3 is 2.34 bits per heavy atom. The predicted octanol–water partition coefficient (Wildman–Crippen LogP) is 0.308. The number of rotatable bonds is 12. The Hall–Kier alpha value is -0.590. The molecular weight excluding hydrogens is 479 g/mol. The summed E-state index contributed by atoms with van der Waals surface area (Å²) in [7, 11) is 0. The number of ether oxygens (including phenoxy) is 1. The molecule has 0 bridgehead atoms. The second-order valence-corrected chi connectivity index (χ2v) is 11.1. The van der Waals surface area contributed by atoms with E-state index in [2.05, 4.69) is 20.9 Å². The maximum atomic E-state index is 14.7. The van der Waals surface area contributed by atoms with E-state index in [0.29, 0.717) is 25.4 Å². The van der Waals surface area contributed by atoms with Crippen LogP contribution in [0, 0.1) is 11.8 Å². The number of aliphatic hydroxyl groups excluding tert-OH is 3. The van der Waals surface area contributed by atoms with E-state index in [1.165, 1.54) is 12.8 Å². The van der Waals surface area contributed by atoms with Gasteiger partial charge >= 0.3 is 0 Å². The Morgan fingerprint density at radius 2 is 1.74 bits per heavy atom. The van der Waals surface area contributed by atoms with E-state index in [-0.39, 0.29) is 30.6 Å². The van der Waals surface area contributed by atoms with Crippen LogP contribution in [0.15, 0.2) is 0 Å². The van der Waals surface area contributed by atoms with Crippen LogP contribution in [0.3, 0.4) is 0 Å². The van der Waals surface area contributed by atoms with E-state index < -0.39 is 43.4 Å². The predicted molar refractivity (Wildman–Crippen MR) is 132 cm³/mol. The Labute approximate surface area is 213 Å². The van der Waals surface area contributed by atoms with Crippen molar-refractivity contribution in [1.82, 2.24) is 20.9 Å². The molecule has 1 aliphatic carbocycles. The molecule has 204 valence electrons. The lowest BCUT2D eigenvalue weighted by molar-refractivity contribution is -0.127. The number of nitrogens with one attached hydrogen (secondary N) is 3. The summed E-state index contributed by atoms with van der Waals surface area (Å²) in [5.74, 6) is -0.193. The quantitative estimate of drug-likeness (QED) is 0.160. The molecule has 35 heavy (non-hydrogen) atoms. The number of aliphatic hydroxyl groups is 3. The minimum absolute atomic E-state index is 0.0350. The number of halogens is 2. The standard InChI is InChI=1S/C24H44ClFN4O5/c25-19-12-27-23(28-13-19)30-7-5-17(6-8-30)2-1-9-35-20-4-3-18(21(26)11-20)10-22(34)29-24(14-31,15-32)16-33/h17-21,23,27-28,31-33H,1-16H2,(H,29,34). The molecule has 3 atom stereocenters. The second kappa shape index (κ2) is 14.4. The average molecular weight is 523 g/mol. The number of carbonyl (C=O) groups is 1. The van der Waals surface area contributed by atoms with Crippen molar-refractivity contribution in [2.75, 3.05) is 52.6 Å². The smallest absolute Gasteiger partial charge is 0.221 e. The number of hydrogen-bond acceptors (Lipinski definition) is 8. The van der Waals surface area contributed by atoms with Crippen LogP contribution >= 0.6 is 11.6 Å². The largest absolute Gasteiger partial charge is 0.394 e. The molecule has 3 fully saturated rings. The molecule has 1 amide bonds. The average Bonchev–Trinajstić information content (AvgIpc) is 2.88. The van der Waals surface area contributed by atoms with Crippen LogP contribution in [-0.2, 0) is 9.53 Å². The second-order valence-electron chi connectivity index (χ2n) is 10.5. The molecule has 3 rings (SSSR count). The normalized spacial score (nSPS) is 31.4. The minimum Gasteiger partial charge on any atom is -0.394 e. The lowest BCUT2D eigenvalue weighted by Crippen LogP contribution is -2.62. The molecule has 0 radical (unpaired) electrons. The van der Waals surface area contributed by atoms with Crippen LogP contribution in [-0.4, -0.2) is 108 Å². The van der Waals surface area contributed by atoms with Crippen LogP contribution < -0.4 is 16.0 Å². The van der Waals surface area contributed by atoms with Gasteiger partial charge in [0, 0.05) is 45.6 Å². The number of amides is 1. The van der Waals surface area contributed by atoms with Gasteiger partial charge in [-0.15, -0.1) is 11.6 Å². The van der Waals surface area contributed by atoms with Crippen LogP contribution in [0.1, 0.15) is 51.4 Å². The summed E-state index contributed by atoms with van der Waals surface area (Å²) < 4.78 is 20.7. The zero-order chi connectivity index (χ0) is 25.3. The summed E-state index contributed by atoms with van der Waals surface area (Å²) >= 11 is 6.13. The highest BCUT2D eigenvalue weighted by Crippen LogP contribution is 2.32. The molecule has 0 aromatic carbocycles. The van der Waals surface area contributed by atoms with Crippen molar-refractivity contribution in [1.29, 1.82) is 0 Å². The maximum absolute atomic E-state index is 14.7. The SMILES string of the molecule is O=C(CC1CCC(OCCCC2CCN(C3NCC(Cl)CN3)CC2)CC1F)NC(CO)(CO)CO. The molecule has 0 spiro atoms. The Balaban J connectivity index is 1.26. The van der Waals surface area contributed by atoms with E-state index in [1.807, 2.05) is 0 Å². The molecule has 6 N–H and O–H groups in total. The van der Waals surface area contributed by atoms with E-state index in [9.17, 15) is 24.5 Å². The highest BCUT2D eigenvalue weighted by atomic mass is 35.5. The number of nitrogens with zero attached hydrogens (tertiary/aromatic N) is 1. The summed E-state index contributed by atoms with van der Waals surface area (Å²) in [5, 5.41) is 37.5. The van der Waals surface area contributed by atoms with E-state index in [4.69, 9.17) is 16.3 Å². The van der Waals surface area contributed by atoms with E-state index in [1.54, 1.807) is 0 Å². The Morgan fingerprint density at radius 1 is 1.09 bits per heavy atom. The lowest BCUT2D eigenvalue weighted by atomic mass is 9.83. The van der Waals surface area contributed by atoms with Crippen molar-refractivity contribution in [3.63, 3.8) is 0 Å². The molecule has 2 saturated heterocycles. The van der Waals surface area contributed by atoms with Crippen molar-refractivity contribution >= 4 is 17.5 Å². The first-order valence-corrected chi connectivity index (χ1v) is 13.6. The molecule has 1 saturated carbocycles. The highest BCUT2D eigenvalue weighted by molar-refractivity contribution is 6.21. The molecule has 2 heterocycles. The first kappa shape index (κ1) is 29.0. The molecule has 3 aliphatic rings. The summed E-state index contributed by atoms with van der Waals surface area (Å²) in [6, 6.07) is 0. The van der Waals surface area contributed by atoms with Crippen LogP contribution in [0.25, 0.3) is 0 Å². The Bertz CT molecular complexity index is 623. The fourth-order valence-corrected chi connectivity index (χ4v) is 5.56. The number of likely N-dealkylation sites (tertiary alicyclic amines) is 1. The highest BCUT2D eigenvalue weighted by Gasteiger charge is 2.35. The molecule has 9 nitrogen and oxygen atoms in total. The summed E-state index contributed by atoms with van der Waals surface area (Å²) in [4.78, 5) is 14.7. The van der Waals surface area contributed by atoms with Crippen LogP contribution in [0.4, 0.5) is 4.39 Å². The van der Waals surface area contributed by atoms with Gasteiger partial charge < -0.3 is 25.4 Å². The minimum atomic E-state index is -1.47. The van der Waals surface area contributed by atoms with Gasteiger partial charge in [0.05, 0.1) is 31.3 Å². The zero-order valence-electron chi connectivity index (χ0n) is 20.6. The fraction of sp³-hybridized carbons (Fsp3) is 0.958. The number of carbonyl (C=O) groups excluding carboxylic acids is 1. The van der Waals surface area contributed by atoms with Gasteiger partial charge in [-0.25, -0.2) is 4.39 Å². The van der Waals surface area contributed by atoms with E-state index >= 15 is 0 Å². The molecule has 11 heteroatoms. The van der Waals surface area contributed by atoms with Crippen LogP contribution in [0.5, 0.6) is 0 Å². The van der Waals surface area contributed by atoms with Crippen molar-refractivity contribution in [3.05, 3.63) is 0 Å². The third kappa shape index (κ3) is 8.74. The van der Waals surface area contributed by atoms with Crippen LogP contribution in [0.2, 0.25) is 0 Å². The van der Waals surface area contributed by atoms with Crippen molar-refractivity contribution in [2.45, 2.75) is 80.8 Å². The van der Waals surface area contributed by atoms with Gasteiger partial charge in [0.25, 0.3) is 0 Å². The Kier molecular flexibility index (Phi) is 11.9. The third-order valence-corrected chi connectivity index (χ3v) is 8.12. The van der Waals surface area contributed by atoms with Gasteiger partial charge in [0.1, 0.15) is 18.0 Å². The number of piperidine rings is 1.